The lowest BCUT2D eigenvalue weighted by Gasteiger charge is -2.04. The van der Waals surface area contributed by atoms with Crippen LogP contribution in [0.5, 0.6) is 0 Å². The third-order valence-electron chi connectivity index (χ3n) is 1.39. The first kappa shape index (κ1) is 10.5. The molecule has 74 valence electrons. The molecule has 0 unspecified atom stereocenters. The summed E-state index contributed by atoms with van der Waals surface area (Å²) in [7, 11) is -3.49. The van der Waals surface area contributed by atoms with E-state index < -0.39 is 15.8 Å². The molecule has 1 aromatic carbocycles. The van der Waals surface area contributed by atoms with Gasteiger partial charge in [-0.15, -0.1) is 0 Å². The Labute approximate surface area is 81.0 Å². The van der Waals surface area contributed by atoms with E-state index in [1.165, 1.54) is 12.1 Å². The van der Waals surface area contributed by atoms with Gasteiger partial charge in [-0.05, 0) is 18.2 Å². The maximum Gasteiger partial charge on any atom is 0.229 e. The normalized spacial score (nSPS) is 10.6. The molecule has 0 amide bonds. The molecular weight excluding hydrogens is 207 g/mol. The van der Waals surface area contributed by atoms with Crippen LogP contribution in [-0.2, 0) is 10.0 Å². The molecular formula is C8H7FN2O2S. The van der Waals surface area contributed by atoms with Crippen LogP contribution in [0.25, 0.3) is 0 Å². The lowest BCUT2D eigenvalue weighted by molar-refractivity contribution is 0.603. The Morgan fingerprint density at radius 2 is 2.14 bits per heavy atom. The van der Waals surface area contributed by atoms with Gasteiger partial charge in [0.15, 0.2) is 0 Å². The van der Waals surface area contributed by atoms with Crippen LogP contribution in [0, 0.1) is 17.1 Å². The highest BCUT2D eigenvalue weighted by molar-refractivity contribution is 7.92. The average Bonchev–Trinajstić information content (AvgIpc) is 2.06. The summed E-state index contributed by atoms with van der Waals surface area (Å²) >= 11 is 0. The number of sulfonamides is 1. The van der Waals surface area contributed by atoms with Gasteiger partial charge in [-0.2, -0.15) is 5.26 Å². The van der Waals surface area contributed by atoms with Gasteiger partial charge >= 0.3 is 0 Å². The van der Waals surface area contributed by atoms with Crippen molar-refractivity contribution in [3.05, 3.63) is 29.6 Å². The van der Waals surface area contributed by atoms with E-state index in [4.69, 9.17) is 5.26 Å². The number of anilines is 1. The average molecular weight is 214 g/mol. The van der Waals surface area contributed by atoms with Gasteiger partial charge in [0.25, 0.3) is 0 Å². The van der Waals surface area contributed by atoms with Crippen molar-refractivity contribution in [1.82, 2.24) is 0 Å². The fourth-order valence-corrected chi connectivity index (χ4v) is 1.43. The van der Waals surface area contributed by atoms with Crippen LogP contribution >= 0.6 is 0 Å². The summed E-state index contributed by atoms with van der Waals surface area (Å²) in [6.07, 6.45) is 0.921. The molecule has 0 aromatic heterocycles. The van der Waals surface area contributed by atoms with Gasteiger partial charge < -0.3 is 0 Å². The summed E-state index contributed by atoms with van der Waals surface area (Å²) in [5.41, 5.74) is -0.0203. The van der Waals surface area contributed by atoms with Crippen molar-refractivity contribution in [1.29, 1.82) is 5.26 Å². The highest BCUT2D eigenvalue weighted by Gasteiger charge is 2.07. The maximum absolute atomic E-state index is 13.1. The van der Waals surface area contributed by atoms with E-state index in [-0.39, 0.29) is 11.3 Å². The number of halogens is 1. The van der Waals surface area contributed by atoms with Gasteiger partial charge in [0.2, 0.25) is 10.0 Å². The molecule has 6 heteroatoms. The maximum atomic E-state index is 13.1. The third-order valence-corrected chi connectivity index (χ3v) is 1.98. The summed E-state index contributed by atoms with van der Waals surface area (Å²) < 4.78 is 36.6. The first-order valence-electron chi connectivity index (χ1n) is 3.60. The van der Waals surface area contributed by atoms with Crippen LogP contribution in [0.4, 0.5) is 10.1 Å². The lowest BCUT2D eigenvalue weighted by Crippen LogP contribution is -2.10. The van der Waals surface area contributed by atoms with Crippen molar-refractivity contribution in [2.45, 2.75) is 0 Å². The molecule has 1 N–H and O–H groups in total. The summed E-state index contributed by atoms with van der Waals surface area (Å²) in [5.74, 6) is -0.769. The summed E-state index contributed by atoms with van der Waals surface area (Å²) in [6.45, 7) is 0. The molecule has 0 aliphatic rings. The predicted octanol–water partition coefficient (Wildman–Crippen LogP) is 1.07. The van der Waals surface area contributed by atoms with E-state index in [0.717, 1.165) is 12.3 Å². The third kappa shape index (κ3) is 2.71. The number of nitrogens with one attached hydrogen (secondary N) is 1. The second kappa shape index (κ2) is 3.64. The van der Waals surface area contributed by atoms with E-state index >= 15 is 0 Å². The Morgan fingerprint density at radius 1 is 1.50 bits per heavy atom. The molecule has 0 heterocycles. The molecule has 0 aliphatic heterocycles. The molecule has 0 saturated heterocycles. The van der Waals surface area contributed by atoms with Crippen molar-refractivity contribution < 1.29 is 12.8 Å². The largest absolute Gasteiger partial charge is 0.281 e. The molecule has 0 bridgehead atoms. The number of nitriles is 1. The fourth-order valence-electron chi connectivity index (χ4n) is 0.867. The molecule has 0 saturated carbocycles. The molecule has 1 aromatic rings. The van der Waals surface area contributed by atoms with Gasteiger partial charge in [0.05, 0.1) is 23.6 Å². The molecule has 0 atom stereocenters. The molecule has 0 aliphatic carbocycles. The Kier molecular flexibility index (Phi) is 2.72. The molecule has 14 heavy (non-hydrogen) atoms. The first-order valence-corrected chi connectivity index (χ1v) is 5.49. The monoisotopic (exact) mass is 214 g/mol. The van der Waals surface area contributed by atoms with Crippen molar-refractivity contribution >= 4 is 15.7 Å². The van der Waals surface area contributed by atoms with Crippen molar-refractivity contribution in [3.8, 4) is 6.07 Å². The van der Waals surface area contributed by atoms with Crippen LogP contribution < -0.4 is 4.72 Å². The minimum atomic E-state index is -3.49. The smallest absolute Gasteiger partial charge is 0.229 e. The topological polar surface area (TPSA) is 70.0 Å². The van der Waals surface area contributed by atoms with Gasteiger partial charge in [0, 0.05) is 0 Å². The van der Waals surface area contributed by atoms with Gasteiger partial charge in [-0.1, -0.05) is 0 Å². The Balaban J connectivity index is 3.09. The van der Waals surface area contributed by atoms with Gasteiger partial charge in [-0.3, -0.25) is 4.72 Å². The Bertz CT molecular complexity index is 491. The minimum Gasteiger partial charge on any atom is -0.281 e. The van der Waals surface area contributed by atoms with Crippen molar-refractivity contribution in [2.24, 2.45) is 0 Å². The molecule has 0 spiro atoms. The SMILES string of the molecule is CS(=O)(=O)Nc1ccc(C#N)cc1F. The second-order valence-electron chi connectivity index (χ2n) is 2.68. The quantitative estimate of drug-likeness (QED) is 0.800. The first-order chi connectivity index (χ1) is 6.42. The highest BCUT2D eigenvalue weighted by atomic mass is 32.2. The number of hydrogen-bond donors (Lipinski definition) is 1. The zero-order valence-corrected chi connectivity index (χ0v) is 8.10. The van der Waals surface area contributed by atoms with E-state index in [2.05, 4.69) is 0 Å². The van der Waals surface area contributed by atoms with Gasteiger partial charge in [0.1, 0.15) is 5.82 Å². The minimum absolute atomic E-state index is 0.140. The lowest BCUT2D eigenvalue weighted by atomic mass is 10.2. The molecule has 4 nitrogen and oxygen atoms in total. The van der Waals surface area contributed by atoms with Crippen LogP contribution in [0.1, 0.15) is 5.56 Å². The summed E-state index contributed by atoms with van der Waals surface area (Å²) in [5, 5.41) is 8.43. The van der Waals surface area contributed by atoms with Gasteiger partial charge in [-0.25, -0.2) is 12.8 Å². The van der Waals surface area contributed by atoms with Crippen molar-refractivity contribution in [2.75, 3.05) is 11.0 Å². The van der Waals surface area contributed by atoms with E-state index in [0.29, 0.717) is 0 Å². The van der Waals surface area contributed by atoms with E-state index in [1.54, 1.807) is 6.07 Å². The fraction of sp³-hybridized carbons (Fsp3) is 0.125. The Morgan fingerprint density at radius 3 is 2.57 bits per heavy atom. The zero-order chi connectivity index (χ0) is 10.8. The molecule has 0 fully saturated rings. The van der Waals surface area contributed by atoms with Crippen LogP contribution in [0.15, 0.2) is 18.2 Å². The molecule has 0 radical (unpaired) electrons. The Hall–Kier alpha value is -1.61. The van der Waals surface area contributed by atoms with Crippen LogP contribution in [0.3, 0.4) is 0 Å². The van der Waals surface area contributed by atoms with E-state index in [9.17, 15) is 12.8 Å². The zero-order valence-electron chi connectivity index (χ0n) is 7.28. The van der Waals surface area contributed by atoms with Crippen LogP contribution in [0.2, 0.25) is 0 Å². The van der Waals surface area contributed by atoms with E-state index in [1.807, 2.05) is 4.72 Å². The van der Waals surface area contributed by atoms with Crippen molar-refractivity contribution in [3.63, 3.8) is 0 Å². The number of benzene rings is 1. The molecule has 1 rings (SSSR count). The summed E-state index contributed by atoms with van der Waals surface area (Å²) in [4.78, 5) is 0. The second-order valence-corrected chi connectivity index (χ2v) is 4.43. The highest BCUT2D eigenvalue weighted by Crippen LogP contribution is 2.16. The van der Waals surface area contributed by atoms with Crippen LogP contribution in [-0.4, -0.2) is 14.7 Å². The standard InChI is InChI=1S/C8H7FN2O2S/c1-14(12,13)11-8-3-2-6(5-10)4-7(8)9/h2-4,11H,1H3. The number of nitrogens with zero attached hydrogens (tertiary/aromatic N) is 1. The summed E-state index contributed by atoms with van der Waals surface area (Å²) in [6, 6.07) is 5.24. The number of rotatable bonds is 2. The predicted molar refractivity (Wildman–Crippen MR) is 49.6 cm³/mol. The number of hydrogen-bond acceptors (Lipinski definition) is 3.